The Kier molecular flexibility index (Phi) is 4.74. The van der Waals surface area contributed by atoms with Crippen LogP contribution in [0.2, 0.25) is 0 Å². The van der Waals surface area contributed by atoms with Gasteiger partial charge >= 0.3 is 5.63 Å². The molecular weight excluding hydrogens is 538 g/mol. The lowest BCUT2D eigenvalue weighted by Gasteiger charge is -2.27. The van der Waals surface area contributed by atoms with E-state index in [2.05, 4.69) is 26.0 Å². The van der Waals surface area contributed by atoms with E-state index < -0.39 is 11.5 Å². The van der Waals surface area contributed by atoms with Gasteiger partial charge in [-0.15, -0.1) is 5.10 Å². The summed E-state index contributed by atoms with van der Waals surface area (Å²) in [5, 5.41) is 5.26. The van der Waals surface area contributed by atoms with Gasteiger partial charge in [0.05, 0.1) is 22.4 Å². The van der Waals surface area contributed by atoms with Crippen molar-refractivity contribution in [2.24, 2.45) is 0 Å². The molecule has 10 heteroatoms. The fraction of sp³-hybridized carbons (Fsp3) is 0.111. The molecule has 1 atom stereocenters. The van der Waals surface area contributed by atoms with Gasteiger partial charge < -0.3 is 18.5 Å². The van der Waals surface area contributed by atoms with Gasteiger partial charge in [0.25, 0.3) is 0 Å². The molecule has 0 amide bonds. The number of rotatable bonds is 3. The van der Waals surface area contributed by atoms with Crippen molar-refractivity contribution in [1.82, 2.24) is 19.6 Å². The summed E-state index contributed by atoms with van der Waals surface area (Å²) in [4.78, 5) is 24.8. The molecule has 0 saturated carbocycles. The number of para-hydroxylation sites is 1. The number of benzene rings is 2. The van der Waals surface area contributed by atoms with E-state index in [1.165, 1.54) is 0 Å². The number of hydrogen-bond donors (Lipinski definition) is 0. The Balaban J connectivity index is 1.53. The first-order valence-corrected chi connectivity index (χ1v) is 12.3. The number of halogens is 1. The van der Waals surface area contributed by atoms with Crippen molar-refractivity contribution in [3.8, 4) is 23.2 Å². The lowest BCUT2D eigenvalue weighted by atomic mass is 9.84. The number of furan rings is 1. The summed E-state index contributed by atoms with van der Waals surface area (Å²) in [6.45, 7) is 0. The molecule has 0 saturated heterocycles. The molecule has 182 valence electrons. The highest BCUT2D eigenvalue weighted by atomic mass is 79.9. The Morgan fingerprint density at radius 3 is 2.54 bits per heavy atom. The van der Waals surface area contributed by atoms with Gasteiger partial charge in [-0.3, -0.25) is 0 Å². The zero-order chi connectivity index (χ0) is 25.3. The number of hydrogen-bond acceptors (Lipinski definition) is 8. The summed E-state index contributed by atoms with van der Waals surface area (Å²) >= 11 is 3.33. The molecular formula is C27H18BrN5O4. The first-order valence-electron chi connectivity index (χ1n) is 11.5. The number of ether oxygens (including phenoxy) is 1. The molecule has 1 unspecified atom stereocenters. The van der Waals surface area contributed by atoms with Crippen molar-refractivity contribution in [1.29, 1.82) is 0 Å². The SMILES string of the molecule is CN(C)c1ccc(C2c3c(c4ccccc4oc3=O)Oc3ncn4nc(-c5ccc(Br)o5)nc4c32)cc1. The molecule has 5 heterocycles. The monoisotopic (exact) mass is 555 g/mol. The predicted molar refractivity (Wildman–Crippen MR) is 140 cm³/mol. The van der Waals surface area contributed by atoms with Crippen molar-refractivity contribution in [3.63, 3.8) is 0 Å². The fourth-order valence-corrected chi connectivity index (χ4v) is 5.07. The van der Waals surface area contributed by atoms with Crippen molar-refractivity contribution in [2.45, 2.75) is 5.92 Å². The van der Waals surface area contributed by atoms with Crippen LogP contribution in [0.5, 0.6) is 11.6 Å². The highest BCUT2D eigenvalue weighted by Gasteiger charge is 2.37. The Bertz CT molecular complexity index is 1890. The molecule has 0 radical (unpaired) electrons. The maximum absolute atomic E-state index is 13.5. The molecule has 1 aliphatic heterocycles. The van der Waals surface area contributed by atoms with Crippen LogP contribution >= 0.6 is 15.9 Å². The minimum absolute atomic E-state index is 0.358. The van der Waals surface area contributed by atoms with Crippen molar-refractivity contribution < 1.29 is 13.6 Å². The van der Waals surface area contributed by atoms with Crippen LogP contribution in [0.3, 0.4) is 0 Å². The first kappa shape index (κ1) is 21.8. The Morgan fingerprint density at radius 1 is 0.973 bits per heavy atom. The smallest absolute Gasteiger partial charge is 0.344 e. The second-order valence-electron chi connectivity index (χ2n) is 8.92. The molecule has 4 aromatic heterocycles. The molecule has 1 aliphatic rings. The fourth-order valence-electron chi connectivity index (χ4n) is 4.77. The van der Waals surface area contributed by atoms with Gasteiger partial charge in [0.15, 0.2) is 21.8 Å². The normalized spacial score (nSPS) is 14.4. The zero-order valence-corrected chi connectivity index (χ0v) is 21.3. The van der Waals surface area contributed by atoms with Crippen LogP contribution in [0, 0.1) is 0 Å². The van der Waals surface area contributed by atoms with E-state index in [9.17, 15) is 4.79 Å². The minimum Gasteiger partial charge on any atom is -0.446 e. The maximum Gasteiger partial charge on any atom is 0.344 e. The van der Waals surface area contributed by atoms with E-state index in [0.717, 1.165) is 11.3 Å². The second-order valence-corrected chi connectivity index (χ2v) is 9.70. The van der Waals surface area contributed by atoms with Crippen LogP contribution in [-0.4, -0.2) is 33.7 Å². The highest BCUT2D eigenvalue weighted by Crippen LogP contribution is 2.49. The van der Waals surface area contributed by atoms with Gasteiger partial charge in [-0.05, 0) is 57.9 Å². The molecule has 0 bridgehead atoms. The molecule has 37 heavy (non-hydrogen) atoms. The summed E-state index contributed by atoms with van der Waals surface area (Å²) in [5.41, 5.74) is 3.41. The average molecular weight is 556 g/mol. The third-order valence-corrected chi connectivity index (χ3v) is 6.92. The zero-order valence-electron chi connectivity index (χ0n) is 19.7. The second kappa shape index (κ2) is 8.04. The van der Waals surface area contributed by atoms with E-state index in [1.54, 1.807) is 29.0 Å². The third-order valence-electron chi connectivity index (χ3n) is 6.50. The van der Waals surface area contributed by atoms with Gasteiger partial charge in [0.1, 0.15) is 11.9 Å². The van der Waals surface area contributed by atoms with E-state index in [4.69, 9.17) is 18.6 Å². The van der Waals surface area contributed by atoms with Crippen LogP contribution < -0.4 is 15.3 Å². The third kappa shape index (κ3) is 3.36. The summed E-state index contributed by atoms with van der Waals surface area (Å²) in [6.07, 6.45) is 1.55. The van der Waals surface area contributed by atoms with Gasteiger partial charge in [-0.1, -0.05) is 24.3 Å². The number of aromatic nitrogens is 4. The first-order chi connectivity index (χ1) is 18.0. The molecule has 2 aromatic carbocycles. The standard InChI is InChI=1S/C27H18BrN5O4/c1-32(2)15-9-7-14(8-10-15)20-21-23(16-5-3-4-6-17(16)36-27(21)34)37-26-22(20)25-30-24(31-33(25)13-29-26)18-11-12-19(28)35-18/h3-13,20H,1-2H3. The quantitative estimate of drug-likeness (QED) is 0.259. The van der Waals surface area contributed by atoms with Crippen molar-refractivity contribution in [3.05, 3.63) is 98.8 Å². The van der Waals surface area contributed by atoms with Gasteiger partial charge in [-0.2, -0.15) is 0 Å². The van der Waals surface area contributed by atoms with Gasteiger partial charge in [0.2, 0.25) is 11.7 Å². The number of nitrogens with zero attached hydrogens (tertiary/aromatic N) is 5. The lowest BCUT2D eigenvalue weighted by Crippen LogP contribution is -2.22. The van der Waals surface area contributed by atoms with Crippen molar-refractivity contribution in [2.75, 3.05) is 19.0 Å². The van der Waals surface area contributed by atoms with Gasteiger partial charge in [0, 0.05) is 19.8 Å². The minimum atomic E-state index is -0.549. The largest absolute Gasteiger partial charge is 0.446 e. The molecule has 0 aliphatic carbocycles. The molecule has 0 spiro atoms. The van der Waals surface area contributed by atoms with Crippen LogP contribution in [0.15, 0.2) is 85.3 Å². The molecule has 6 aromatic rings. The topological polar surface area (TPSA) is 98.9 Å². The summed E-state index contributed by atoms with van der Waals surface area (Å²) < 4.78 is 19.9. The van der Waals surface area contributed by atoms with E-state index in [1.807, 2.05) is 61.5 Å². The average Bonchev–Trinajstić information content (AvgIpc) is 3.54. The number of anilines is 1. The van der Waals surface area contributed by atoms with Crippen LogP contribution in [0.25, 0.3) is 28.2 Å². The van der Waals surface area contributed by atoms with E-state index >= 15 is 0 Å². The molecule has 9 nitrogen and oxygen atoms in total. The van der Waals surface area contributed by atoms with Crippen LogP contribution in [0.1, 0.15) is 22.6 Å². The Morgan fingerprint density at radius 2 is 1.78 bits per heavy atom. The summed E-state index contributed by atoms with van der Waals surface area (Å²) in [7, 11) is 3.96. The lowest BCUT2D eigenvalue weighted by molar-refractivity contribution is 0.422. The molecule has 0 N–H and O–H groups in total. The molecule has 7 rings (SSSR count). The molecule has 0 fully saturated rings. The van der Waals surface area contributed by atoms with Crippen LogP contribution in [-0.2, 0) is 0 Å². The summed E-state index contributed by atoms with van der Waals surface area (Å²) in [6, 6.07) is 18.9. The predicted octanol–water partition coefficient (Wildman–Crippen LogP) is 5.61. The van der Waals surface area contributed by atoms with Crippen molar-refractivity contribution >= 4 is 38.2 Å². The van der Waals surface area contributed by atoms with E-state index in [0.29, 0.717) is 55.6 Å². The Hall–Kier alpha value is -4.44. The number of fused-ring (bicyclic) bond motifs is 6. The van der Waals surface area contributed by atoms with Crippen LogP contribution in [0.4, 0.5) is 5.69 Å². The van der Waals surface area contributed by atoms with E-state index in [-0.39, 0.29) is 0 Å². The Labute approximate surface area is 218 Å². The maximum atomic E-state index is 13.5. The highest BCUT2D eigenvalue weighted by molar-refractivity contribution is 9.10. The summed E-state index contributed by atoms with van der Waals surface area (Å²) in [5.74, 6) is 1.13. The van der Waals surface area contributed by atoms with Gasteiger partial charge in [-0.25, -0.2) is 19.3 Å².